The molecular formula is C18H18FNS. The molecule has 0 saturated heterocycles. The standard InChI is InChI=1S/C18H18FNS/c1-13-3-2-4-16(11-13)21-18-6-5-15(19)12-17(18)14-7-9-20-10-8-14/h2-7,11-12,20H,8-10H2,1H3. The molecule has 3 rings (SSSR count). The Balaban J connectivity index is 1.96. The van der Waals surface area contributed by atoms with Crippen LogP contribution in [0.5, 0.6) is 0 Å². The van der Waals surface area contributed by atoms with Crippen LogP contribution in [0, 0.1) is 12.7 Å². The van der Waals surface area contributed by atoms with Crippen molar-refractivity contribution in [2.45, 2.75) is 23.1 Å². The molecule has 21 heavy (non-hydrogen) atoms. The van der Waals surface area contributed by atoms with Gasteiger partial charge in [-0.05, 0) is 61.4 Å². The topological polar surface area (TPSA) is 12.0 Å². The molecular weight excluding hydrogens is 281 g/mol. The van der Waals surface area contributed by atoms with E-state index < -0.39 is 0 Å². The van der Waals surface area contributed by atoms with Crippen LogP contribution in [0.4, 0.5) is 4.39 Å². The minimum Gasteiger partial charge on any atom is -0.313 e. The van der Waals surface area contributed by atoms with Gasteiger partial charge in [0.25, 0.3) is 0 Å². The van der Waals surface area contributed by atoms with Crippen LogP contribution < -0.4 is 5.32 Å². The Hall–Kier alpha value is -1.58. The Morgan fingerprint density at radius 1 is 1.14 bits per heavy atom. The van der Waals surface area contributed by atoms with Crippen molar-refractivity contribution in [2.24, 2.45) is 0 Å². The maximum atomic E-state index is 13.7. The van der Waals surface area contributed by atoms with Gasteiger partial charge in [0.2, 0.25) is 0 Å². The molecule has 2 aromatic rings. The molecule has 0 bridgehead atoms. The molecule has 0 amide bonds. The lowest BCUT2D eigenvalue weighted by Crippen LogP contribution is -2.20. The van der Waals surface area contributed by atoms with Crippen LogP contribution in [0.3, 0.4) is 0 Å². The van der Waals surface area contributed by atoms with Crippen molar-refractivity contribution in [1.29, 1.82) is 0 Å². The lowest BCUT2D eigenvalue weighted by Gasteiger charge is -2.17. The first-order valence-corrected chi connectivity index (χ1v) is 7.98. The molecule has 0 unspecified atom stereocenters. The molecule has 1 nitrogen and oxygen atoms in total. The second kappa shape index (κ2) is 6.46. The average Bonchev–Trinajstić information content (AvgIpc) is 2.50. The van der Waals surface area contributed by atoms with Crippen LogP contribution in [-0.2, 0) is 0 Å². The smallest absolute Gasteiger partial charge is 0.123 e. The molecule has 1 aliphatic heterocycles. The predicted octanol–water partition coefficient (Wildman–Crippen LogP) is 4.66. The Bertz CT molecular complexity index is 679. The highest BCUT2D eigenvalue weighted by molar-refractivity contribution is 7.99. The number of hydrogen-bond acceptors (Lipinski definition) is 2. The number of nitrogens with one attached hydrogen (secondary N) is 1. The van der Waals surface area contributed by atoms with Crippen LogP contribution in [0.15, 0.2) is 58.3 Å². The van der Waals surface area contributed by atoms with E-state index in [0.29, 0.717) is 0 Å². The largest absolute Gasteiger partial charge is 0.313 e. The van der Waals surface area contributed by atoms with Crippen LogP contribution in [0.25, 0.3) is 5.57 Å². The van der Waals surface area contributed by atoms with Crippen LogP contribution >= 0.6 is 11.8 Å². The quantitative estimate of drug-likeness (QED) is 0.884. The van der Waals surface area contributed by atoms with Gasteiger partial charge in [-0.25, -0.2) is 4.39 Å². The van der Waals surface area contributed by atoms with Crippen LogP contribution in [0.1, 0.15) is 17.5 Å². The van der Waals surface area contributed by atoms with Crippen LogP contribution in [0.2, 0.25) is 0 Å². The Morgan fingerprint density at radius 3 is 2.81 bits per heavy atom. The van der Waals surface area contributed by atoms with Crippen molar-refractivity contribution in [3.8, 4) is 0 Å². The van der Waals surface area contributed by atoms with E-state index in [4.69, 9.17) is 0 Å². The highest BCUT2D eigenvalue weighted by Crippen LogP contribution is 2.35. The lowest BCUT2D eigenvalue weighted by molar-refractivity contribution is 0.625. The van der Waals surface area contributed by atoms with Gasteiger partial charge < -0.3 is 5.32 Å². The first kappa shape index (κ1) is 14.4. The van der Waals surface area contributed by atoms with Gasteiger partial charge in [-0.15, -0.1) is 0 Å². The SMILES string of the molecule is Cc1cccc(Sc2ccc(F)cc2C2=CCNCC2)c1. The van der Waals surface area contributed by atoms with Crippen molar-refractivity contribution in [1.82, 2.24) is 5.32 Å². The van der Waals surface area contributed by atoms with Gasteiger partial charge in [0.15, 0.2) is 0 Å². The highest BCUT2D eigenvalue weighted by atomic mass is 32.2. The molecule has 108 valence electrons. The van der Waals surface area contributed by atoms with Crippen molar-refractivity contribution in [3.63, 3.8) is 0 Å². The van der Waals surface area contributed by atoms with E-state index in [1.807, 2.05) is 6.07 Å². The molecule has 3 heteroatoms. The summed E-state index contributed by atoms with van der Waals surface area (Å²) >= 11 is 1.70. The number of rotatable bonds is 3. The number of halogens is 1. The molecule has 2 aromatic carbocycles. The number of aryl methyl sites for hydroxylation is 1. The van der Waals surface area contributed by atoms with E-state index in [-0.39, 0.29) is 5.82 Å². The summed E-state index contributed by atoms with van der Waals surface area (Å²) in [7, 11) is 0. The maximum absolute atomic E-state index is 13.7. The first-order valence-electron chi connectivity index (χ1n) is 7.16. The zero-order valence-electron chi connectivity index (χ0n) is 12.0. The van der Waals surface area contributed by atoms with Crippen molar-refractivity contribution in [3.05, 3.63) is 65.5 Å². The Labute approximate surface area is 129 Å². The van der Waals surface area contributed by atoms with Gasteiger partial charge in [0, 0.05) is 16.3 Å². The third kappa shape index (κ3) is 3.55. The summed E-state index contributed by atoms with van der Waals surface area (Å²) in [5.74, 6) is -0.168. The van der Waals surface area contributed by atoms with Crippen molar-refractivity contribution in [2.75, 3.05) is 13.1 Å². The summed E-state index contributed by atoms with van der Waals surface area (Å²) in [5.41, 5.74) is 3.51. The number of hydrogen-bond donors (Lipinski definition) is 1. The van der Waals surface area contributed by atoms with Crippen LogP contribution in [-0.4, -0.2) is 13.1 Å². The van der Waals surface area contributed by atoms with Gasteiger partial charge in [-0.1, -0.05) is 35.5 Å². The molecule has 0 fully saturated rings. The fraction of sp³-hybridized carbons (Fsp3) is 0.222. The van der Waals surface area contributed by atoms with Gasteiger partial charge in [-0.3, -0.25) is 0 Å². The van der Waals surface area contributed by atoms with E-state index in [1.165, 1.54) is 16.0 Å². The second-order valence-corrected chi connectivity index (χ2v) is 6.36. The average molecular weight is 299 g/mol. The summed E-state index contributed by atoms with van der Waals surface area (Å²) in [6.07, 6.45) is 3.11. The minimum absolute atomic E-state index is 0.168. The maximum Gasteiger partial charge on any atom is 0.123 e. The van der Waals surface area contributed by atoms with E-state index in [9.17, 15) is 4.39 Å². The normalized spacial score (nSPS) is 14.9. The molecule has 0 atom stereocenters. The Morgan fingerprint density at radius 2 is 2.05 bits per heavy atom. The Kier molecular flexibility index (Phi) is 4.42. The van der Waals surface area contributed by atoms with Crippen molar-refractivity contribution < 1.29 is 4.39 Å². The molecule has 0 aromatic heterocycles. The summed E-state index contributed by atoms with van der Waals surface area (Å²) < 4.78 is 13.7. The van der Waals surface area contributed by atoms with E-state index >= 15 is 0 Å². The zero-order valence-corrected chi connectivity index (χ0v) is 12.8. The van der Waals surface area contributed by atoms with Gasteiger partial charge in [-0.2, -0.15) is 0 Å². The minimum atomic E-state index is -0.168. The second-order valence-electron chi connectivity index (χ2n) is 5.24. The van der Waals surface area contributed by atoms with Gasteiger partial charge in [0.1, 0.15) is 5.82 Å². The molecule has 1 aliphatic rings. The fourth-order valence-electron chi connectivity index (χ4n) is 2.52. The van der Waals surface area contributed by atoms with E-state index in [0.717, 1.165) is 30.0 Å². The summed E-state index contributed by atoms with van der Waals surface area (Å²) in [6, 6.07) is 13.5. The molecule has 0 aliphatic carbocycles. The molecule has 0 spiro atoms. The third-order valence-corrected chi connectivity index (χ3v) is 4.63. The monoisotopic (exact) mass is 299 g/mol. The van der Waals surface area contributed by atoms with Gasteiger partial charge >= 0.3 is 0 Å². The van der Waals surface area contributed by atoms with Gasteiger partial charge in [0.05, 0.1) is 0 Å². The lowest BCUT2D eigenvalue weighted by atomic mass is 10.0. The summed E-state index contributed by atoms with van der Waals surface area (Å²) in [6.45, 7) is 3.91. The number of benzene rings is 2. The molecule has 0 radical (unpaired) electrons. The highest BCUT2D eigenvalue weighted by Gasteiger charge is 2.12. The summed E-state index contributed by atoms with van der Waals surface area (Å²) in [5, 5.41) is 3.30. The fourth-order valence-corrected chi connectivity index (χ4v) is 3.60. The third-order valence-electron chi connectivity index (χ3n) is 3.57. The van der Waals surface area contributed by atoms with Crippen molar-refractivity contribution >= 4 is 17.3 Å². The van der Waals surface area contributed by atoms with E-state index in [1.54, 1.807) is 23.9 Å². The first-order chi connectivity index (χ1) is 10.2. The molecule has 0 saturated carbocycles. The summed E-state index contributed by atoms with van der Waals surface area (Å²) in [4.78, 5) is 2.31. The van der Waals surface area contributed by atoms with E-state index in [2.05, 4.69) is 42.6 Å². The zero-order chi connectivity index (χ0) is 14.7. The predicted molar refractivity (Wildman–Crippen MR) is 87.2 cm³/mol. The molecule has 1 heterocycles. The molecule has 1 N–H and O–H groups in total.